The smallest absolute Gasteiger partial charge is 0.263 e. The van der Waals surface area contributed by atoms with Crippen molar-refractivity contribution in [3.05, 3.63) is 64.9 Å². The predicted molar refractivity (Wildman–Crippen MR) is 164 cm³/mol. The fraction of sp³-hybridized carbons (Fsp3) is 0.469. The summed E-state index contributed by atoms with van der Waals surface area (Å²) in [7, 11) is -3.96. The van der Waals surface area contributed by atoms with E-state index in [1.54, 1.807) is 26.0 Å². The van der Waals surface area contributed by atoms with Crippen molar-refractivity contribution in [3.8, 4) is 11.1 Å². The number of aliphatic imine (C=N–C) groups is 2. The summed E-state index contributed by atoms with van der Waals surface area (Å²) >= 11 is 0. The highest BCUT2D eigenvalue weighted by atomic mass is 32.2. The van der Waals surface area contributed by atoms with Crippen LogP contribution in [0.3, 0.4) is 0 Å². The highest BCUT2D eigenvalue weighted by Crippen LogP contribution is 2.39. The summed E-state index contributed by atoms with van der Waals surface area (Å²) in [5, 5.41) is 3.88. The third kappa shape index (κ3) is 6.29. The Labute approximate surface area is 248 Å². The van der Waals surface area contributed by atoms with Crippen LogP contribution in [0, 0.1) is 13.8 Å². The SMILES string of the molecule is CCCCC1=NC2(CCCC2)C(OCc2ccc(-c3ccccc3S(=O)(=O)Nc3noc(C)c3C)c(COCC)c2)=N1. The average molecular weight is 593 g/mol. The van der Waals surface area contributed by atoms with Crippen molar-refractivity contribution < 1.29 is 22.4 Å². The fourth-order valence-corrected chi connectivity index (χ4v) is 6.82. The summed E-state index contributed by atoms with van der Waals surface area (Å²) in [6.45, 7) is 8.83. The van der Waals surface area contributed by atoms with Gasteiger partial charge in [0, 0.05) is 24.2 Å². The van der Waals surface area contributed by atoms with Crippen molar-refractivity contribution in [1.82, 2.24) is 5.16 Å². The molecule has 2 aliphatic rings. The lowest BCUT2D eigenvalue weighted by Gasteiger charge is -2.22. The standard InChI is InChI=1S/C32H40N4O5S/c1-5-7-14-29-33-31(32(34-29)17-10-11-18-32)40-20-24-15-16-26(25(19-24)21-39-6-2)27-12-8-9-13-28(27)42(37,38)36-30-22(3)23(4)41-35-30/h8-9,12-13,15-16,19H,5-7,10-11,14,17-18,20-21H2,1-4H3,(H,35,36). The van der Waals surface area contributed by atoms with E-state index in [9.17, 15) is 8.42 Å². The van der Waals surface area contributed by atoms with E-state index in [1.165, 1.54) is 0 Å². The van der Waals surface area contributed by atoms with Gasteiger partial charge in [-0.3, -0.25) is 9.71 Å². The van der Waals surface area contributed by atoms with Gasteiger partial charge in [0.05, 0.1) is 11.5 Å². The number of rotatable bonds is 12. The molecule has 9 nitrogen and oxygen atoms in total. The Morgan fingerprint density at radius 3 is 2.52 bits per heavy atom. The summed E-state index contributed by atoms with van der Waals surface area (Å²) in [6, 6.07) is 12.9. The van der Waals surface area contributed by atoms with Crippen LogP contribution in [0.2, 0.25) is 0 Å². The summed E-state index contributed by atoms with van der Waals surface area (Å²) in [6.07, 6.45) is 7.27. The van der Waals surface area contributed by atoms with Crippen molar-refractivity contribution in [2.75, 3.05) is 11.3 Å². The number of aryl methyl sites for hydroxylation is 1. The highest BCUT2D eigenvalue weighted by molar-refractivity contribution is 7.92. The van der Waals surface area contributed by atoms with E-state index in [0.29, 0.717) is 36.7 Å². The second kappa shape index (κ2) is 12.8. The minimum absolute atomic E-state index is 0.145. The molecule has 0 amide bonds. The monoisotopic (exact) mass is 592 g/mol. The Hall–Kier alpha value is -3.50. The van der Waals surface area contributed by atoms with Gasteiger partial charge in [-0.05, 0) is 68.9 Å². The van der Waals surface area contributed by atoms with E-state index in [0.717, 1.165) is 73.4 Å². The summed E-state index contributed by atoms with van der Waals surface area (Å²) < 4.78 is 47.0. The van der Waals surface area contributed by atoms with Gasteiger partial charge in [-0.25, -0.2) is 13.4 Å². The zero-order valence-corrected chi connectivity index (χ0v) is 25.7. The molecular weight excluding hydrogens is 552 g/mol. The van der Waals surface area contributed by atoms with Crippen LogP contribution in [0.1, 0.15) is 81.2 Å². The molecule has 2 aromatic carbocycles. The molecule has 1 N–H and O–H groups in total. The fourth-order valence-electron chi connectivity index (χ4n) is 5.54. The zero-order chi connectivity index (χ0) is 29.7. The van der Waals surface area contributed by atoms with Crippen LogP contribution in [0.5, 0.6) is 0 Å². The van der Waals surface area contributed by atoms with Crippen LogP contribution < -0.4 is 4.72 Å². The maximum atomic E-state index is 13.5. The van der Waals surface area contributed by atoms with Crippen LogP contribution in [0.15, 0.2) is 61.9 Å². The van der Waals surface area contributed by atoms with Crippen molar-refractivity contribution in [2.45, 2.75) is 96.3 Å². The van der Waals surface area contributed by atoms with Gasteiger partial charge >= 0.3 is 0 Å². The van der Waals surface area contributed by atoms with Gasteiger partial charge in [-0.2, -0.15) is 0 Å². The molecular formula is C32H40N4O5S. The molecule has 0 unspecified atom stereocenters. The molecule has 0 atom stereocenters. The van der Waals surface area contributed by atoms with Crippen molar-refractivity contribution in [2.24, 2.45) is 9.98 Å². The maximum absolute atomic E-state index is 13.5. The van der Waals surface area contributed by atoms with Gasteiger partial charge in [-0.15, -0.1) is 0 Å². The molecule has 1 aliphatic heterocycles. The van der Waals surface area contributed by atoms with Crippen LogP contribution >= 0.6 is 0 Å². The molecule has 3 aromatic rings. The molecule has 5 rings (SSSR count). The lowest BCUT2D eigenvalue weighted by Crippen LogP contribution is -2.32. The number of benzene rings is 2. The molecule has 224 valence electrons. The van der Waals surface area contributed by atoms with E-state index in [4.69, 9.17) is 24.0 Å². The Morgan fingerprint density at radius 1 is 1.02 bits per heavy atom. The number of ether oxygens (including phenoxy) is 2. The molecule has 1 spiro atoms. The van der Waals surface area contributed by atoms with Crippen molar-refractivity contribution >= 4 is 27.6 Å². The van der Waals surface area contributed by atoms with E-state index in [1.807, 2.05) is 37.3 Å². The third-order valence-corrected chi connectivity index (χ3v) is 9.42. The molecule has 0 bridgehead atoms. The second-order valence-corrected chi connectivity index (χ2v) is 12.7. The number of nitrogens with one attached hydrogen (secondary N) is 1. The van der Waals surface area contributed by atoms with Crippen LogP contribution in [0.25, 0.3) is 11.1 Å². The van der Waals surface area contributed by atoms with Gasteiger partial charge in [0.25, 0.3) is 10.0 Å². The molecule has 1 aliphatic carbocycles. The molecule has 42 heavy (non-hydrogen) atoms. The first kappa shape index (κ1) is 30.0. The lowest BCUT2D eigenvalue weighted by molar-refractivity contribution is 0.134. The van der Waals surface area contributed by atoms with Gasteiger partial charge in [0.1, 0.15) is 23.7 Å². The normalized spacial score (nSPS) is 16.1. The quantitative estimate of drug-likeness (QED) is 0.239. The third-order valence-electron chi connectivity index (χ3n) is 8.02. The minimum atomic E-state index is -3.96. The number of aromatic nitrogens is 1. The average Bonchev–Trinajstić information content (AvgIpc) is 3.69. The lowest BCUT2D eigenvalue weighted by atomic mass is 9.97. The van der Waals surface area contributed by atoms with Crippen LogP contribution in [-0.2, 0) is 32.7 Å². The van der Waals surface area contributed by atoms with E-state index < -0.39 is 10.0 Å². The number of nitrogens with zero attached hydrogens (tertiary/aromatic N) is 3. The first-order valence-electron chi connectivity index (χ1n) is 14.8. The molecule has 0 radical (unpaired) electrons. The molecule has 1 saturated carbocycles. The summed E-state index contributed by atoms with van der Waals surface area (Å²) in [5.74, 6) is 2.39. The molecule has 1 aromatic heterocycles. The topological polar surface area (TPSA) is 115 Å². The number of amidine groups is 1. The van der Waals surface area contributed by atoms with Gasteiger partial charge in [0.2, 0.25) is 5.90 Å². The number of hydrogen-bond donors (Lipinski definition) is 1. The zero-order valence-electron chi connectivity index (χ0n) is 24.9. The number of anilines is 1. The maximum Gasteiger partial charge on any atom is 0.263 e. The number of unbranched alkanes of at least 4 members (excludes halogenated alkanes) is 1. The summed E-state index contributed by atoms with van der Waals surface area (Å²) in [5.41, 5.74) is 3.52. The van der Waals surface area contributed by atoms with Gasteiger partial charge in [-0.1, -0.05) is 61.7 Å². The van der Waals surface area contributed by atoms with Crippen molar-refractivity contribution in [1.29, 1.82) is 0 Å². The Kier molecular flexibility index (Phi) is 9.13. The van der Waals surface area contributed by atoms with Crippen LogP contribution in [0.4, 0.5) is 5.82 Å². The molecule has 10 heteroatoms. The van der Waals surface area contributed by atoms with Crippen molar-refractivity contribution in [3.63, 3.8) is 0 Å². The first-order chi connectivity index (χ1) is 20.3. The Balaban J connectivity index is 1.42. The number of hydrogen-bond acceptors (Lipinski definition) is 8. The van der Waals surface area contributed by atoms with E-state index >= 15 is 0 Å². The number of sulfonamides is 1. The molecule has 2 heterocycles. The Bertz CT molecular complexity index is 1590. The van der Waals surface area contributed by atoms with Gasteiger partial charge in [0.15, 0.2) is 5.82 Å². The molecule has 0 saturated heterocycles. The first-order valence-corrected chi connectivity index (χ1v) is 16.3. The minimum Gasteiger partial charge on any atom is -0.474 e. The van der Waals surface area contributed by atoms with E-state index in [-0.39, 0.29) is 16.3 Å². The predicted octanol–water partition coefficient (Wildman–Crippen LogP) is 7.13. The molecule has 1 fully saturated rings. The largest absolute Gasteiger partial charge is 0.474 e. The second-order valence-electron chi connectivity index (χ2n) is 11.0. The van der Waals surface area contributed by atoms with Crippen LogP contribution in [-0.4, -0.2) is 37.5 Å². The van der Waals surface area contributed by atoms with Gasteiger partial charge < -0.3 is 14.0 Å². The summed E-state index contributed by atoms with van der Waals surface area (Å²) in [4.78, 5) is 10.00. The Morgan fingerprint density at radius 2 is 1.81 bits per heavy atom. The van der Waals surface area contributed by atoms with E-state index in [2.05, 4.69) is 16.8 Å². The highest BCUT2D eigenvalue weighted by Gasteiger charge is 2.44.